The molecule has 0 fully saturated rings. The molecular weight excluding hydrogens is 90.1 g/mol. The summed E-state index contributed by atoms with van der Waals surface area (Å²) >= 11 is 0. The van der Waals surface area contributed by atoms with Crippen LogP contribution in [0, 0.1) is 5.41 Å². The zero-order valence-corrected chi connectivity index (χ0v) is 4.68. The van der Waals surface area contributed by atoms with Crippen molar-refractivity contribution in [3.8, 4) is 0 Å². The van der Waals surface area contributed by atoms with E-state index >= 15 is 0 Å². The molecule has 0 bridgehead atoms. The van der Waals surface area contributed by atoms with E-state index < -0.39 is 0 Å². The molecule has 0 amide bonds. The van der Waals surface area contributed by atoms with Gasteiger partial charge in [-0.1, -0.05) is 13.8 Å². The highest BCUT2D eigenvalue weighted by Crippen LogP contribution is 1.38. The normalized spacial score (nSPS) is 7.14. The van der Waals surface area contributed by atoms with E-state index in [1.165, 1.54) is 0 Å². The summed E-state index contributed by atoms with van der Waals surface area (Å²) in [7, 11) is 0. The largest absolute Gasteiger partial charge is 0.390 e. The van der Waals surface area contributed by atoms with Crippen LogP contribution < -0.4 is 5.73 Å². The summed E-state index contributed by atoms with van der Waals surface area (Å²) in [5.74, 6) is 0. The van der Waals surface area contributed by atoms with Gasteiger partial charge in [-0.15, -0.1) is 0 Å². The highest BCUT2D eigenvalue weighted by atomic mass is 14.8. The van der Waals surface area contributed by atoms with Crippen molar-refractivity contribution in [3.63, 3.8) is 0 Å². The van der Waals surface area contributed by atoms with E-state index in [2.05, 4.69) is 4.99 Å². The third-order valence-corrected chi connectivity index (χ3v) is 0.161. The van der Waals surface area contributed by atoms with E-state index in [4.69, 9.17) is 11.1 Å². The Labute approximate surface area is 43.8 Å². The SMILES string of the molecule is CC.N=CN=CN. The smallest absolute Gasteiger partial charge is 0.108 e. The fourth-order valence-corrected chi connectivity index (χ4v) is 0.0430. The summed E-state index contributed by atoms with van der Waals surface area (Å²) in [4.78, 5) is 3.17. The van der Waals surface area contributed by atoms with Crippen molar-refractivity contribution >= 4 is 12.7 Å². The molecule has 0 aromatic carbocycles. The molecule has 42 valence electrons. The minimum absolute atomic E-state index is 0.875. The molecular formula is C4H11N3. The van der Waals surface area contributed by atoms with Gasteiger partial charge < -0.3 is 5.73 Å². The van der Waals surface area contributed by atoms with Crippen molar-refractivity contribution in [1.82, 2.24) is 0 Å². The van der Waals surface area contributed by atoms with Crippen LogP contribution in [-0.4, -0.2) is 12.7 Å². The summed E-state index contributed by atoms with van der Waals surface area (Å²) in [5.41, 5.74) is 4.70. The summed E-state index contributed by atoms with van der Waals surface area (Å²) < 4.78 is 0. The average molecular weight is 101 g/mol. The first-order valence-electron chi connectivity index (χ1n) is 2.14. The van der Waals surface area contributed by atoms with Crippen molar-refractivity contribution in [1.29, 1.82) is 5.41 Å². The van der Waals surface area contributed by atoms with Gasteiger partial charge in [0.1, 0.15) is 6.34 Å². The quantitative estimate of drug-likeness (QED) is 0.369. The van der Waals surface area contributed by atoms with Crippen molar-refractivity contribution in [2.24, 2.45) is 10.7 Å². The molecule has 0 atom stereocenters. The standard InChI is InChI=1S/C2H5N3.C2H6/c3-1-5-2-4;1-2/h1-2H,(H3,3,4,5);1-2H3. The number of nitrogens with one attached hydrogen (secondary N) is 1. The lowest BCUT2D eigenvalue weighted by Gasteiger charge is -1.59. The van der Waals surface area contributed by atoms with Crippen LogP contribution >= 0.6 is 0 Å². The molecule has 0 aromatic heterocycles. The summed E-state index contributed by atoms with van der Waals surface area (Å²) in [6.07, 6.45) is 1.94. The van der Waals surface area contributed by atoms with Crippen LogP contribution in [0.5, 0.6) is 0 Å². The predicted molar refractivity (Wildman–Crippen MR) is 32.8 cm³/mol. The summed E-state index contributed by atoms with van der Waals surface area (Å²) in [5, 5.41) is 6.20. The number of hydrogen-bond donors (Lipinski definition) is 2. The molecule has 0 aromatic rings. The molecule has 0 aliphatic rings. The maximum Gasteiger partial charge on any atom is 0.108 e. The number of aliphatic imine (C=N–C) groups is 1. The summed E-state index contributed by atoms with van der Waals surface area (Å²) in [6, 6.07) is 0. The van der Waals surface area contributed by atoms with E-state index in [-0.39, 0.29) is 0 Å². The monoisotopic (exact) mass is 101 g/mol. The fraction of sp³-hybridized carbons (Fsp3) is 0.500. The Bertz CT molecular complexity index is 48.9. The van der Waals surface area contributed by atoms with Crippen LogP contribution in [0.2, 0.25) is 0 Å². The predicted octanol–water partition coefficient (Wildman–Crippen LogP) is 0.607. The zero-order chi connectivity index (χ0) is 6.12. The van der Waals surface area contributed by atoms with Gasteiger partial charge in [0.05, 0.1) is 6.34 Å². The Morgan fingerprint density at radius 3 is 2.00 bits per heavy atom. The molecule has 7 heavy (non-hydrogen) atoms. The van der Waals surface area contributed by atoms with Crippen LogP contribution in [0.25, 0.3) is 0 Å². The van der Waals surface area contributed by atoms with Gasteiger partial charge in [0.15, 0.2) is 0 Å². The van der Waals surface area contributed by atoms with Crippen LogP contribution in [0.3, 0.4) is 0 Å². The molecule has 0 radical (unpaired) electrons. The van der Waals surface area contributed by atoms with Crippen LogP contribution in [-0.2, 0) is 0 Å². The Balaban J connectivity index is 0. The maximum absolute atomic E-state index is 6.20. The molecule has 0 aliphatic heterocycles. The van der Waals surface area contributed by atoms with Crippen molar-refractivity contribution in [2.45, 2.75) is 13.8 Å². The molecule has 0 saturated carbocycles. The van der Waals surface area contributed by atoms with Crippen molar-refractivity contribution < 1.29 is 0 Å². The van der Waals surface area contributed by atoms with Gasteiger partial charge in [-0.25, -0.2) is 4.99 Å². The number of nitrogens with two attached hydrogens (primary N) is 1. The molecule has 3 heteroatoms. The second-order valence-electron chi connectivity index (χ2n) is 0.427. The summed E-state index contributed by atoms with van der Waals surface area (Å²) in [6.45, 7) is 4.00. The Kier molecular flexibility index (Phi) is 26.0. The van der Waals surface area contributed by atoms with E-state index in [1.54, 1.807) is 0 Å². The lowest BCUT2D eigenvalue weighted by Crippen LogP contribution is -1.86. The first kappa shape index (κ1) is 9.46. The van der Waals surface area contributed by atoms with E-state index in [0.717, 1.165) is 12.7 Å². The van der Waals surface area contributed by atoms with Gasteiger partial charge in [0, 0.05) is 0 Å². The fourth-order valence-electron chi connectivity index (χ4n) is 0.0430. The van der Waals surface area contributed by atoms with E-state index in [1.807, 2.05) is 13.8 Å². The lowest BCUT2D eigenvalue weighted by molar-refractivity contribution is 1.50. The highest BCUT2D eigenvalue weighted by molar-refractivity contribution is 5.67. The molecule has 0 aliphatic carbocycles. The van der Waals surface area contributed by atoms with E-state index in [9.17, 15) is 0 Å². The van der Waals surface area contributed by atoms with Gasteiger partial charge in [-0.2, -0.15) is 0 Å². The Morgan fingerprint density at radius 2 is 2.00 bits per heavy atom. The van der Waals surface area contributed by atoms with Gasteiger partial charge in [-0.3, -0.25) is 5.41 Å². The number of rotatable bonds is 1. The van der Waals surface area contributed by atoms with Gasteiger partial charge >= 0.3 is 0 Å². The first-order chi connectivity index (χ1) is 3.41. The molecule has 3 nitrogen and oxygen atoms in total. The minimum Gasteiger partial charge on any atom is -0.390 e. The maximum atomic E-state index is 6.20. The second kappa shape index (κ2) is 19.2. The Morgan fingerprint density at radius 1 is 1.57 bits per heavy atom. The second-order valence-corrected chi connectivity index (χ2v) is 0.427. The third kappa shape index (κ3) is 39.0. The minimum atomic E-state index is 0.875. The van der Waals surface area contributed by atoms with Crippen molar-refractivity contribution in [2.75, 3.05) is 0 Å². The van der Waals surface area contributed by atoms with Crippen LogP contribution in [0.4, 0.5) is 0 Å². The third-order valence-electron chi connectivity index (χ3n) is 0.161. The molecule has 0 heterocycles. The number of hydrogen-bond acceptors (Lipinski definition) is 1. The average Bonchev–Trinajstić information content (AvgIpc) is 1.75. The van der Waals surface area contributed by atoms with Gasteiger partial charge in [0.2, 0.25) is 0 Å². The highest BCUT2D eigenvalue weighted by Gasteiger charge is 1.41. The van der Waals surface area contributed by atoms with Crippen molar-refractivity contribution in [3.05, 3.63) is 0 Å². The van der Waals surface area contributed by atoms with Crippen LogP contribution in [0.1, 0.15) is 13.8 Å². The van der Waals surface area contributed by atoms with Gasteiger partial charge in [-0.05, 0) is 0 Å². The molecule has 0 spiro atoms. The lowest BCUT2D eigenvalue weighted by atomic mass is 11.0. The van der Waals surface area contributed by atoms with E-state index in [0.29, 0.717) is 0 Å². The van der Waals surface area contributed by atoms with Crippen LogP contribution in [0.15, 0.2) is 4.99 Å². The molecule has 3 N–H and O–H groups in total. The zero-order valence-electron chi connectivity index (χ0n) is 4.68. The topological polar surface area (TPSA) is 62.2 Å². The molecule has 0 rings (SSSR count). The first-order valence-corrected chi connectivity index (χ1v) is 2.14. The van der Waals surface area contributed by atoms with Gasteiger partial charge in [0.25, 0.3) is 0 Å². The molecule has 0 unspecified atom stereocenters. The molecule has 0 saturated heterocycles. The Hall–Kier alpha value is -0.860. The number of nitrogens with zero attached hydrogens (tertiary/aromatic N) is 1.